The van der Waals surface area contributed by atoms with E-state index in [-0.39, 0.29) is 0 Å². The Hall–Kier alpha value is -0.860. The van der Waals surface area contributed by atoms with Crippen molar-refractivity contribution in [1.29, 1.82) is 0 Å². The molecule has 2 rings (SSSR count). The first kappa shape index (κ1) is 15.5. The van der Waals surface area contributed by atoms with Crippen molar-refractivity contribution >= 4 is 0 Å². The molecular formula is C18H30N2. The highest BCUT2D eigenvalue weighted by Crippen LogP contribution is 2.26. The third-order valence-corrected chi connectivity index (χ3v) is 4.76. The quantitative estimate of drug-likeness (QED) is 0.883. The summed E-state index contributed by atoms with van der Waals surface area (Å²) in [5.74, 6) is 1.66. The number of hydrogen-bond acceptors (Lipinski definition) is 2. The standard InChI is InChI=1S/C18H30N2/c1-6-19-18(12-20-10-15(4)16(5)11-20)17-8-7-13(2)9-14(17)3/h7-9,15-16,18-19H,6,10-12H2,1-5H3. The van der Waals surface area contributed by atoms with E-state index in [0.29, 0.717) is 6.04 Å². The van der Waals surface area contributed by atoms with Gasteiger partial charge in [0.2, 0.25) is 0 Å². The molecule has 1 saturated heterocycles. The number of nitrogens with zero attached hydrogens (tertiary/aromatic N) is 1. The molecule has 1 aliphatic heterocycles. The zero-order chi connectivity index (χ0) is 14.7. The van der Waals surface area contributed by atoms with Crippen LogP contribution >= 0.6 is 0 Å². The first-order valence-electron chi connectivity index (χ1n) is 8.04. The smallest absolute Gasteiger partial charge is 0.0451 e. The summed E-state index contributed by atoms with van der Waals surface area (Å²) in [7, 11) is 0. The summed E-state index contributed by atoms with van der Waals surface area (Å²) in [5, 5.41) is 3.67. The van der Waals surface area contributed by atoms with Crippen LogP contribution < -0.4 is 5.32 Å². The molecule has 0 saturated carbocycles. The lowest BCUT2D eigenvalue weighted by Gasteiger charge is -2.26. The van der Waals surface area contributed by atoms with E-state index >= 15 is 0 Å². The fourth-order valence-corrected chi connectivity index (χ4v) is 3.39. The fourth-order valence-electron chi connectivity index (χ4n) is 3.39. The van der Waals surface area contributed by atoms with Gasteiger partial charge >= 0.3 is 0 Å². The van der Waals surface area contributed by atoms with E-state index in [1.807, 2.05) is 0 Å². The van der Waals surface area contributed by atoms with Crippen LogP contribution in [0.4, 0.5) is 0 Å². The molecule has 0 amide bonds. The van der Waals surface area contributed by atoms with Crippen molar-refractivity contribution in [1.82, 2.24) is 10.2 Å². The first-order chi connectivity index (χ1) is 9.51. The molecule has 1 fully saturated rings. The molecule has 0 radical (unpaired) electrons. The van der Waals surface area contributed by atoms with Crippen molar-refractivity contribution in [3.05, 3.63) is 34.9 Å². The van der Waals surface area contributed by atoms with Crippen molar-refractivity contribution in [2.24, 2.45) is 11.8 Å². The molecule has 0 aromatic heterocycles. The predicted molar refractivity (Wildman–Crippen MR) is 87.1 cm³/mol. The minimum absolute atomic E-state index is 0.457. The summed E-state index contributed by atoms with van der Waals surface area (Å²) in [6.45, 7) is 16.0. The molecule has 1 aliphatic rings. The molecule has 3 atom stereocenters. The van der Waals surface area contributed by atoms with E-state index in [0.717, 1.165) is 24.9 Å². The number of likely N-dealkylation sites (tertiary alicyclic amines) is 1. The molecule has 1 aromatic carbocycles. The topological polar surface area (TPSA) is 15.3 Å². The number of hydrogen-bond donors (Lipinski definition) is 1. The second kappa shape index (κ2) is 6.73. The van der Waals surface area contributed by atoms with Crippen molar-refractivity contribution < 1.29 is 0 Å². The zero-order valence-electron chi connectivity index (χ0n) is 13.7. The third kappa shape index (κ3) is 3.62. The zero-order valence-corrected chi connectivity index (χ0v) is 13.7. The average Bonchev–Trinajstić information content (AvgIpc) is 2.68. The maximum atomic E-state index is 3.67. The molecule has 0 bridgehead atoms. The van der Waals surface area contributed by atoms with Gasteiger partial charge in [-0.1, -0.05) is 44.5 Å². The van der Waals surface area contributed by atoms with Crippen LogP contribution in [0.2, 0.25) is 0 Å². The van der Waals surface area contributed by atoms with Crippen LogP contribution in [0.5, 0.6) is 0 Å². The highest BCUT2D eigenvalue weighted by molar-refractivity contribution is 5.33. The van der Waals surface area contributed by atoms with Gasteiger partial charge in [-0.05, 0) is 43.4 Å². The van der Waals surface area contributed by atoms with Gasteiger partial charge in [-0.3, -0.25) is 0 Å². The van der Waals surface area contributed by atoms with E-state index in [1.165, 1.54) is 29.8 Å². The predicted octanol–water partition coefficient (Wildman–Crippen LogP) is 3.54. The molecule has 3 unspecified atom stereocenters. The van der Waals surface area contributed by atoms with Gasteiger partial charge in [-0.15, -0.1) is 0 Å². The average molecular weight is 274 g/mol. The summed E-state index contributed by atoms with van der Waals surface area (Å²) in [6, 6.07) is 7.30. The summed E-state index contributed by atoms with van der Waals surface area (Å²) in [6.07, 6.45) is 0. The fraction of sp³-hybridized carbons (Fsp3) is 0.667. The van der Waals surface area contributed by atoms with Crippen molar-refractivity contribution in [3.63, 3.8) is 0 Å². The number of rotatable bonds is 5. The van der Waals surface area contributed by atoms with Gasteiger partial charge in [0.25, 0.3) is 0 Å². The summed E-state index contributed by atoms with van der Waals surface area (Å²) in [5.41, 5.74) is 4.23. The Bertz CT molecular complexity index is 431. The van der Waals surface area contributed by atoms with Crippen molar-refractivity contribution in [3.8, 4) is 0 Å². The highest BCUT2D eigenvalue weighted by atomic mass is 15.2. The van der Waals surface area contributed by atoms with Crippen molar-refractivity contribution in [2.75, 3.05) is 26.2 Å². The van der Waals surface area contributed by atoms with Crippen LogP contribution in [0, 0.1) is 25.7 Å². The van der Waals surface area contributed by atoms with Gasteiger partial charge in [0.15, 0.2) is 0 Å². The Morgan fingerprint density at radius 3 is 2.40 bits per heavy atom. The van der Waals surface area contributed by atoms with E-state index in [1.54, 1.807) is 0 Å². The lowest BCUT2D eigenvalue weighted by atomic mass is 9.98. The van der Waals surface area contributed by atoms with Crippen LogP contribution in [0.15, 0.2) is 18.2 Å². The van der Waals surface area contributed by atoms with Gasteiger partial charge in [0, 0.05) is 25.7 Å². The number of aryl methyl sites for hydroxylation is 2. The van der Waals surface area contributed by atoms with E-state index in [2.05, 4.69) is 63.0 Å². The highest BCUT2D eigenvalue weighted by Gasteiger charge is 2.28. The molecule has 1 aromatic rings. The molecule has 112 valence electrons. The van der Waals surface area contributed by atoms with Gasteiger partial charge < -0.3 is 10.2 Å². The molecule has 2 heteroatoms. The number of benzene rings is 1. The Morgan fingerprint density at radius 1 is 1.20 bits per heavy atom. The molecule has 1 heterocycles. The van der Waals surface area contributed by atoms with Crippen LogP contribution in [-0.4, -0.2) is 31.1 Å². The van der Waals surface area contributed by atoms with Crippen molar-refractivity contribution in [2.45, 2.75) is 40.7 Å². The van der Waals surface area contributed by atoms with Crippen LogP contribution in [0.3, 0.4) is 0 Å². The Morgan fingerprint density at radius 2 is 1.85 bits per heavy atom. The second-order valence-corrected chi connectivity index (χ2v) is 6.64. The van der Waals surface area contributed by atoms with Gasteiger partial charge in [-0.2, -0.15) is 0 Å². The Balaban J connectivity index is 2.10. The van der Waals surface area contributed by atoms with Crippen LogP contribution in [-0.2, 0) is 0 Å². The van der Waals surface area contributed by atoms with Gasteiger partial charge in [-0.25, -0.2) is 0 Å². The molecule has 0 spiro atoms. The number of likely N-dealkylation sites (N-methyl/N-ethyl adjacent to an activating group) is 1. The Labute approximate surface area is 124 Å². The van der Waals surface area contributed by atoms with Crippen LogP contribution in [0.1, 0.15) is 43.5 Å². The van der Waals surface area contributed by atoms with Gasteiger partial charge in [0.05, 0.1) is 0 Å². The first-order valence-corrected chi connectivity index (χ1v) is 8.04. The third-order valence-electron chi connectivity index (χ3n) is 4.76. The maximum Gasteiger partial charge on any atom is 0.0451 e. The Kier molecular flexibility index (Phi) is 5.22. The second-order valence-electron chi connectivity index (χ2n) is 6.64. The minimum Gasteiger partial charge on any atom is -0.309 e. The van der Waals surface area contributed by atoms with Crippen LogP contribution in [0.25, 0.3) is 0 Å². The molecule has 20 heavy (non-hydrogen) atoms. The minimum atomic E-state index is 0.457. The molecule has 1 N–H and O–H groups in total. The molecule has 2 nitrogen and oxygen atoms in total. The number of nitrogens with one attached hydrogen (secondary N) is 1. The lowest BCUT2D eigenvalue weighted by Crippen LogP contribution is -2.34. The SMILES string of the molecule is CCNC(CN1CC(C)C(C)C1)c1ccc(C)cc1C. The summed E-state index contributed by atoms with van der Waals surface area (Å²) in [4.78, 5) is 2.63. The largest absolute Gasteiger partial charge is 0.309 e. The van der Waals surface area contributed by atoms with Gasteiger partial charge in [0.1, 0.15) is 0 Å². The maximum absolute atomic E-state index is 3.67. The van der Waals surface area contributed by atoms with E-state index in [4.69, 9.17) is 0 Å². The lowest BCUT2D eigenvalue weighted by molar-refractivity contribution is 0.282. The molecular weight excluding hydrogens is 244 g/mol. The normalized spacial score (nSPS) is 25.1. The summed E-state index contributed by atoms with van der Waals surface area (Å²) >= 11 is 0. The molecule has 0 aliphatic carbocycles. The summed E-state index contributed by atoms with van der Waals surface area (Å²) < 4.78 is 0. The van der Waals surface area contributed by atoms with E-state index in [9.17, 15) is 0 Å². The monoisotopic (exact) mass is 274 g/mol. The van der Waals surface area contributed by atoms with E-state index < -0.39 is 0 Å².